The number of ether oxygens (including phenoxy) is 1. The van der Waals surface area contributed by atoms with Crippen molar-refractivity contribution < 1.29 is 24.2 Å². The van der Waals surface area contributed by atoms with Gasteiger partial charge in [0.2, 0.25) is 0 Å². The van der Waals surface area contributed by atoms with Crippen LogP contribution >= 0.6 is 0 Å². The lowest BCUT2D eigenvalue weighted by Gasteiger charge is -2.15. The molecule has 2 rings (SSSR count). The molecule has 122 valence electrons. The zero-order chi connectivity index (χ0) is 17.0. The van der Waals surface area contributed by atoms with Gasteiger partial charge in [-0.3, -0.25) is 9.59 Å². The molecule has 0 spiro atoms. The first-order valence-corrected chi connectivity index (χ1v) is 7.07. The molecule has 1 aliphatic rings. The van der Waals surface area contributed by atoms with Crippen LogP contribution in [0.15, 0.2) is 35.5 Å². The Labute approximate surface area is 133 Å². The summed E-state index contributed by atoms with van der Waals surface area (Å²) in [5.41, 5.74) is 1.46. The minimum absolute atomic E-state index is 0.0583. The molecular weight excluding hydrogens is 300 g/mol. The van der Waals surface area contributed by atoms with Gasteiger partial charge in [-0.05, 0) is 31.2 Å². The van der Waals surface area contributed by atoms with Crippen molar-refractivity contribution >= 4 is 23.3 Å². The zero-order valence-electron chi connectivity index (χ0n) is 13.0. The van der Waals surface area contributed by atoms with Crippen LogP contribution in [0.25, 0.3) is 0 Å². The van der Waals surface area contributed by atoms with Gasteiger partial charge in [-0.1, -0.05) is 0 Å². The van der Waals surface area contributed by atoms with Crippen molar-refractivity contribution in [3.05, 3.63) is 41.1 Å². The summed E-state index contributed by atoms with van der Waals surface area (Å²) in [4.78, 5) is 36.8. The molecule has 1 aromatic carbocycles. The van der Waals surface area contributed by atoms with Gasteiger partial charge in [-0.2, -0.15) is 0 Å². The van der Waals surface area contributed by atoms with Crippen LogP contribution < -0.4 is 5.32 Å². The molecule has 7 heteroatoms. The number of amides is 1. The topological polar surface area (TPSA) is 95.9 Å². The number of carbonyl (C=O) groups excluding carboxylic acids is 3. The molecule has 0 saturated heterocycles. The van der Waals surface area contributed by atoms with Crippen molar-refractivity contribution in [1.29, 1.82) is 0 Å². The number of aliphatic hydroxyl groups excluding tert-OH is 1. The van der Waals surface area contributed by atoms with Gasteiger partial charge in [0.1, 0.15) is 5.70 Å². The summed E-state index contributed by atoms with van der Waals surface area (Å²) in [5, 5.41) is 11.9. The van der Waals surface area contributed by atoms with Crippen LogP contribution in [0.1, 0.15) is 17.3 Å². The summed E-state index contributed by atoms with van der Waals surface area (Å²) >= 11 is 0. The third-order valence-corrected chi connectivity index (χ3v) is 3.51. The Morgan fingerprint density at radius 2 is 1.96 bits per heavy atom. The van der Waals surface area contributed by atoms with Crippen LogP contribution in [0.5, 0.6) is 0 Å². The molecule has 1 aromatic rings. The summed E-state index contributed by atoms with van der Waals surface area (Å²) < 4.78 is 4.70. The number of hydrogen-bond donors (Lipinski definition) is 2. The summed E-state index contributed by atoms with van der Waals surface area (Å²) in [5.74, 6) is -1.03. The van der Waals surface area contributed by atoms with Gasteiger partial charge < -0.3 is 20.1 Å². The predicted molar refractivity (Wildman–Crippen MR) is 82.8 cm³/mol. The second kappa shape index (κ2) is 7.06. The minimum atomic E-state index is -0.596. The second-order valence-electron chi connectivity index (χ2n) is 5.05. The fraction of sp³-hybridized carbons (Fsp3) is 0.312. The number of nitrogens with zero attached hydrogens (tertiary/aromatic N) is 1. The average molecular weight is 318 g/mol. The van der Waals surface area contributed by atoms with Gasteiger partial charge in [-0.15, -0.1) is 0 Å². The van der Waals surface area contributed by atoms with E-state index in [4.69, 9.17) is 9.84 Å². The van der Waals surface area contributed by atoms with E-state index < -0.39 is 5.97 Å². The Morgan fingerprint density at radius 3 is 2.48 bits per heavy atom. The summed E-state index contributed by atoms with van der Waals surface area (Å²) in [6.07, 6.45) is 0. The average Bonchev–Trinajstić information content (AvgIpc) is 2.84. The molecule has 0 unspecified atom stereocenters. The first-order chi connectivity index (χ1) is 11.0. The maximum absolute atomic E-state index is 12.3. The largest absolute Gasteiger partial charge is 0.466 e. The number of β-amino-alcohol motifs (C(OH)–C–C–N with tert-alkyl or cyclic N) is 1. The van der Waals surface area contributed by atoms with Gasteiger partial charge in [0.15, 0.2) is 5.78 Å². The molecule has 1 amide bonds. The molecule has 0 atom stereocenters. The van der Waals surface area contributed by atoms with E-state index >= 15 is 0 Å². The molecular formula is C16H18N2O5. The third-order valence-electron chi connectivity index (χ3n) is 3.51. The molecule has 0 radical (unpaired) electrons. The van der Waals surface area contributed by atoms with Gasteiger partial charge in [0, 0.05) is 17.8 Å². The standard InChI is InChI=1S/C16H18N2O5/c1-10(20)11-3-5-12(6-4-11)17-14-13(16(22)23-2)9-18(7-8-19)15(14)21/h3-6,17,19H,7-9H2,1-2H3. The van der Waals surface area contributed by atoms with Crippen molar-refractivity contribution in [2.24, 2.45) is 0 Å². The van der Waals surface area contributed by atoms with Crippen molar-refractivity contribution in [2.75, 3.05) is 32.1 Å². The Hall–Kier alpha value is -2.67. The highest BCUT2D eigenvalue weighted by Crippen LogP contribution is 2.22. The van der Waals surface area contributed by atoms with Crippen LogP contribution in [0, 0.1) is 0 Å². The second-order valence-corrected chi connectivity index (χ2v) is 5.05. The summed E-state index contributed by atoms with van der Waals surface area (Å²) in [7, 11) is 1.24. The van der Waals surface area contributed by atoms with E-state index in [9.17, 15) is 14.4 Å². The molecule has 23 heavy (non-hydrogen) atoms. The van der Waals surface area contributed by atoms with E-state index in [2.05, 4.69) is 5.32 Å². The number of methoxy groups -OCH3 is 1. The number of ketones is 1. The summed E-state index contributed by atoms with van der Waals surface area (Å²) in [6, 6.07) is 6.57. The van der Waals surface area contributed by atoms with Gasteiger partial charge in [-0.25, -0.2) is 4.79 Å². The highest BCUT2D eigenvalue weighted by Gasteiger charge is 2.34. The number of Topliss-reactive ketones (excluding diaryl/α,β-unsaturated/α-hetero) is 1. The van der Waals surface area contributed by atoms with Crippen LogP contribution in [0.4, 0.5) is 5.69 Å². The number of rotatable bonds is 6. The third kappa shape index (κ3) is 3.57. The van der Waals surface area contributed by atoms with Crippen LogP contribution in [-0.2, 0) is 14.3 Å². The fourth-order valence-electron chi connectivity index (χ4n) is 2.28. The molecule has 0 aliphatic carbocycles. The Morgan fingerprint density at radius 1 is 1.30 bits per heavy atom. The van der Waals surface area contributed by atoms with Gasteiger partial charge in [0.05, 0.1) is 25.8 Å². The monoisotopic (exact) mass is 318 g/mol. The first-order valence-electron chi connectivity index (χ1n) is 7.07. The molecule has 0 fully saturated rings. The van der Waals surface area contributed by atoms with Crippen LogP contribution in [0.3, 0.4) is 0 Å². The quantitative estimate of drug-likeness (QED) is 0.588. The lowest BCUT2D eigenvalue weighted by Crippen LogP contribution is -2.31. The van der Waals surface area contributed by atoms with E-state index in [1.807, 2.05) is 0 Å². The number of benzene rings is 1. The van der Waals surface area contributed by atoms with E-state index in [0.29, 0.717) is 11.3 Å². The molecule has 1 aliphatic heterocycles. The van der Waals surface area contributed by atoms with E-state index in [-0.39, 0.29) is 42.7 Å². The lowest BCUT2D eigenvalue weighted by atomic mass is 10.1. The molecule has 0 saturated carbocycles. The normalized spacial score (nSPS) is 14.2. The maximum atomic E-state index is 12.3. The van der Waals surface area contributed by atoms with E-state index in [0.717, 1.165) is 0 Å². The SMILES string of the molecule is COC(=O)C1=C(Nc2ccc(C(C)=O)cc2)C(=O)N(CCO)C1. The number of nitrogens with one attached hydrogen (secondary N) is 1. The first kappa shape index (κ1) is 16.7. The summed E-state index contributed by atoms with van der Waals surface area (Å²) in [6.45, 7) is 1.49. The number of hydrogen-bond acceptors (Lipinski definition) is 6. The highest BCUT2D eigenvalue weighted by atomic mass is 16.5. The van der Waals surface area contributed by atoms with Crippen molar-refractivity contribution in [3.63, 3.8) is 0 Å². The number of carbonyl (C=O) groups is 3. The lowest BCUT2D eigenvalue weighted by molar-refractivity contribution is -0.136. The number of anilines is 1. The van der Waals surface area contributed by atoms with Gasteiger partial charge in [0.25, 0.3) is 5.91 Å². The number of aliphatic hydroxyl groups is 1. The molecule has 0 bridgehead atoms. The predicted octanol–water partition coefficient (Wildman–Crippen LogP) is 0.563. The van der Waals surface area contributed by atoms with E-state index in [1.54, 1.807) is 24.3 Å². The Balaban J connectivity index is 2.27. The zero-order valence-corrected chi connectivity index (χ0v) is 13.0. The number of esters is 1. The molecule has 2 N–H and O–H groups in total. The molecule has 7 nitrogen and oxygen atoms in total. The van der Waals surface area contributed by atoms with Crippen LogP contribution in [-0.4, -0.2) is 54.5 Å². The minimum Gasteiger partial charge on any atom is -0.466 e. The van der Waals surface area contributed by atoms with Crippen molar-refractivity contribution in [1.82, 2.24) is 4.90 Å². The van der Waals surface area contributed by atoms with E-state index in [1.165, 1.54) is 18.9 Å². The van der Waals surface area contributed by atoms with Crippen molar-refractivity contribution in [3.8, 4) is 0 Å². The Bertz CT molecular complexity index is 664. The van der Waals surface area contributed by atoms with Crippen LogP contribution in [0.2, 0.25) is 0 Å². The molecule has 1 heterocycles. The van der Waals surface area contributed by atoms with Gasteiger partial charge >= 0.3 is 5.97 Å². The van der Waals surface area contributed by atoms with Crippen molar-refractivity contribution in [2.45, 2.75) is 6.92 Å². The smallest absolute Gasteiger partial charge is 0.337 e. The fourth-order valence-corrected chi connectivity index (χ4v) is 2.28. The Kier molecular flexibility index (Phi) is 5.13. The molecule has 0 aromatic heterocycles. The maximum Gasteiger partial charge on any atom is 0.337 e. The highest BCUT2D eigenvalue weighted by molar-refractivity contribution is 6.08.